The first-order valence-corrected chi connectivity index (χ1v) is 5.44. The SMILES string of the molecule is O=[N+]([O-])c1ccc(F)cc1NCC(O)C1CC1. The molecule has 92 valence electrons. The molecule has 1 aromatic carbocycles. The van der Waals surface area contributed by atoms with Crippen molar-refractivity contribution in [1.82, 2.24) is 0 Å². The van der Waals surface area contributed by atoms with Gasteiger partial charge in [-0.2, -0.15) is 0 Å². The van der Waals surface area contributed by atoms with Gasteiger partial charge in [0.1, 0.15) is 11.5 Å². The molecule has 1 saturated carbocycles. The van der Waals surface area contributed by atoms with E-state index in [9.17, 15) is 19.6 Å². The van der Waals surface area contributed by atoms with E-state index in [0.29, 0.717) is 0 Å². The predicted molar refractivity (Wildman–Crippen MR) is 60.3 cm³/mol. The average Bonchev–Trinajstić information content (AvgIpc) is 3.09. The Bertz CT molecular complexity index is 435. The summed E-state index contributed by atoms with van der Waals surface area (Å²) in [6.45, 7) is 0.203. The molecule has 0 amide bonds. The number of aliphatic hydroxyl groups excluding tert-OH is 1. The molecule has 0 radical (unpaired) electrons. The Hall–Kier alpha value is -1.69. The van der Waals surface area contributed by atoms with E-state index in [0.717, 1.165) is 31.0 Å². The third kappa shape index (κ3) is 2.91. The smallest absolute Gasteiger partial charge is 0.292 e. The first-order chi connectivity index (χ1) is 8.08. The summed E-state index contributed by atoms with van der Waals surface area (Å²) in [7, 11) is 0. The summed E-state index contributed by atoms with van der Waals surface area (Å²) in [5.41, 5.74) is -0.0795. The fraction of sp³-hybridized carbons (Fsp3) is 0.455. The topological polar surface area (TPSA) is 75.4 Å². The van der Waals surface area contributed by atoms with E-state index in [1.807, 2.05) is 0 Å². The molecule has 1 atom stereocenters. The van der Waals surface area contributed by atoms with E-state index in [-0.39, 0.29) is 23.8 Å². The van der Waals surface area contributed by atoms with Crippen molar-refractivity contribution >= 4 is 11.4 Å². The second-order valence-corrected chi connectivity index (χ2v) is 4.20. The van der Waals surface area contributed by atoms with Crippen LogP contribution in [-0.4, -0.2) is 22.7 Å². The molecule has 1 aliphatic rings. The largest absolute Gasteiger partial charge is 0.391 e. The van der Waals surface area contributed by atoms with E-state index in [2.05, 4.69) is 5.32 Å². The van der Waals surface area contributed by atoms with Gasteiger partial charge in [-0.15, -0.1) is 0 Å². The van der Waals surface area contributed by atoms with Gasteiger partial charge in [-0.3, -0.25) is 10.1 Å². The zero-order chi connectivity index (χ0) is 12.4. The van der Waals surface area contributed by atoms with Crippen molar-refractivity contribution in [2.24, 2.45) is 5.92 Å². The van der Waals surface area contributed by atoms with Crippen LogP contribution in [0.3, 0.4) is 0 Å². The van der Waals surface area contributed by atoms with Crippen LogP contribution in [0.2, 0.25) is 0 Å². The van der Waals surface area contributed by atoms with Crippen LogP contribution in [-0.2, 0) is 0 Å². The number of halogens is 1. The minimum Gasteiger partial charge on any atom is -0.391 e. The van der Waals surface area contributed by atoms with Crippen LogP contribution in [0.4, 0.5) is 15.8 Å². The van der Waals surface area contributed by atoms with Crippen LogP contribution < -0.4 is 5.32 Å². The van der Waals surface area contributed by atoms with E-state index in [1.54, 1.807) is 0 Å². The highest BCUT2D eigenvalue weighted by atomic mass is 19.1. The van der Waals surface area contributed by atoms with Crippen molar-refractivity contribution < 1.29 is 14.4 Å². The Kier molecular flexibility index (Phi) is 3.23. The van der Waals surface area contributed by atoms with Crippen LogP contribution in [0.1, 0.15) is 12.8 Å². The molecule has 1 unspecified atom stereocenters. The molecule has 1 aromatic rings. The zero-order valence-corrected chi connectivity index (χ0v) is 9.10. The summed E-state index contributed by atoms with van der Waals surface area (Å²) < 4.78 is 13.0. The van der Waals surface area contributed by atoms with Crippen molar-refractivity contribution in [2.75, 3.05) is 11.9 Å². The summed E-state index contributed by atoms with van der Waals surface area (Å²) in [5.74, 6) is -0.269. The van der Waals surface area contributed by atoms with Crippen molar-refractivity contribution in [3.8, 4) is 0 Å². The highest BCUT2D eigenvalue weighted by molar-refractivity contribution is 5.61. The summed E-state index contributed by atoms with van der Waals surface area (Å²) >= 11 is 0. The average molecular weight is 240 g/mol. The van der Waals surface area contributed by atoms with Crippen molar-refractivity contribution in [3.05, 3.63) is 34.1 Å². The third-order valence-electron chi connectivity index (χ3n) is 2.82. The van der Waals surface area contributed by atoms with Gasteiger partial charge in [-0.1, -0.05) is 0 Å². The number of nitro benzene ring substituents is 1. The summed E-state index contributed by atoms with van der Waals surface area (Å²) in [5, 5.41) is 23.1. The normalized spacial score (nSPS) is 16.6. The summed E-state index contributed by atoms with van der Waals surface area (Å²) in [6.07, 6.45) is 1.43. The molecule has 0 aromatic heterocycles. The highest BCUT2D eigenvalue weighted by Crippen LogP contribution is 2.33. The number of aliphatic hydroxyl groups is 1. The number of anilines is 1. The van der Waals surface area contributed by atoms with Gasteiger partial charge in [0.25, 0.3) is 5.69 Å². The molecule has 0 aliphatic heterocycles. The molecule has 2 N–H and O–H groups in total. The van der Waals surface area contributed by atoms with Gasteiger partial charge in [-0.05, 0) is 24.8 Å². The van der Waals surface area contributed by atoms with E-state index >= 15 is 0 Å². The van der Waals surface area contributed by atoms with E-state index < -0.39 is 16.8 Å². The molecule has 2 rings (SSSR count). The standard InChI is InChI=1S/C11H13FN2O3/c12-8-3-4-10(14(16)17)9(5-8)13-6-11(15)7-1-2-7/h3-5,7,11,13,15H,1-2,6H2. The lowest BCUT2D eigenvalue weighted by Crippen LogP contribution is -2.21. The minimum atomic E-state index is -0.578. The maximum atomic E-state index is 13.0. The number of rotatable bonds is 5. The fourth-order valence-corrected chi connectivity index (χ4v) is 1.67. The molecule has 5 nitrogen and oxygen atoms in total. The van der Waals surface area contributed by atoms with Crippen LogP contribution >= 0.6 is 0 Å². The summed E-state index contributed by atoms with van der Waals surface area (Å²) in [6, 6.07) is 3.22. The van der Waals surface area contributed by atoms with Gasteiger partial charge < -0.3 is 10.4 Å². The Balaban J connectivity index is 2.07. The molecule has 0 bridgehead atoms. The van der Waals surface area contributed by atoms with Crippen LogP contribution in [0.15, 0.2) is 18.2 Å². The fourth-order valence-electron chi connectivity index (χ4n) is 1.67. The van der Waals surface area contributed by atoms with Gasteiger partial charge in [-0.25, -0.2) is 4.39 Å². The van der Waals surface area contributed by atoms with Gasteiger partial charge in [0, 0.05) is 18.7 Å². The van der Waals surface area contributed by atoms with Crippen LogP contribution in [0, 0.1) is 21.8 Å². The van der Waals surface area contributed by atoms with Gasteiger partial charge in [0.05, 0.1) is 11.0 Å². The minimum absolute atomic E-state index is 0.106. The Labute approximate surface area is 97.4 Å². The predicted octanol–water partition coefficient (Wildman–Crippen LogP) is 1.92. The van der Waals surface area contributed by atoms with Crippen molar-refractivity contribution in [1.29, 1.82) is 0 Å². The molecule has 1 fully saturated rings. The lowest BCUT2D eigenvalue weighted by molar-refractivity contribution is -0.384. The second-order valence-electron chi connectivity index (χ2n) is 4.20. The van der Waals surface area contributed by atoms with Gasteiger partial charge in [0.2, 0.25) is 0 Å². The highest BCUT2D eigenvalue weighted by Gasteiger charge is 2.29. The molecule has 0 heterocycles. The Morgan fingerprint density at radius 1 is 1.59 bits per heavy atom. The van der Waals surface area contributed by atoms with E-state index in [4.69, 9.17) is 0 Å². The first kappa shape index (κ1) is 11.8. The lowest BCUT2D eigenvalue weighted by Gasteiger charge is -2.11. The zero-order valence-electron chi connectivity index (χ0n) is 9.10. The number of hydrogen-bond donors (Lipinski definition) is 2. The summed E-state index contributed by atoms with van der Waals surface area (Å²) in [4.78, 5) is 10.1. The molecule has 1 aliphatic carbocycles. The molecule has 6 heteroatoms. The maximum Gasteiger partial charge on any atom is 0.292 e. The van der Waals surface area contributed by atoms with Crippen LogP contribution in [0.25, 0.3) is 0 Å². The van der Waals surface area contributed by atoms with Gasteiger partial charge in [0.15, 0.2) is 0 Å². The molecular formula is C11H13FN2O3. The van der Waals surface area contributed by atoms with E-state index in [1.165, 1.54) is 0 Å². The second kappa shape index (κ2) is 4.67. The lowest BCUT2D eigenvalue weighted by atomic mass is 10.2. The number of hydrogen-bond acceptors (Lipinski definition) is 4. The number of nitrogens with one attached hydrogen (secondary N) is 1. The molecule has 0 spiro atoms. The monoisotopic (exact) mass is 240 g/mol. The molecular weight excluding hydrogens is 227 g/mol. The maximum absolute atomic E-state index is 13.0. The quantitative estimate of drug-likeness (QED) is 0.609. The number of nitrogens with zero attached hydrogens (tertiary/aromatic N) is 1. The Morgan fingerprint density at radius 3 is 2.88 bits per heavy atom. The number of nitro groups is 1. The van der Waals surface area contributed by atoms with Gasteiger partial charge >= 0.3 is 0 Å². The van der Waals surface area contributed by atoms with Crippen LogP contribution in [0.5, 0.6) is 0 Å². The van der Waals surface area contributed by atoms with Crippen molar-refractivity contribution in [2.45, 2.75) is 18.9 Å². The molecule has 17 heavy (non-hydrogen) atoms. The molecule has 0 saturated heterocycles. The third-order valence-corrected chi connectivity index (χ3v) is 2.82. The number of benzene rings is 1. The first-order valence-electron chi connectivity index (χ1n) is 5.44. The Morgan fingerprint density at radius 2 is 2.29 bits per heavy atom. The van der Waals surface area contributed by atoms with Crippen molar-refractivity contribution in [3.63, 3.8) is 0 Å².